The van der Waals surface area contributed by atoms with Crippen molar-refractivity contribution in [2.45, 2.75) is 6.92 Å². The predicted octanol–water partition coefficient (Wildman–Crippen LogP) is 3.13. The summed E-state index contributed by atoms with van der Waals surface area (Å²) in [5.41, 5.74) is 3.27. The van der Waals surface area contributed by atoms with Crippen LogP contribution >= 0.6 is 0 Å². The molecule has 1 aromatic carbocycles. The van der Waals surface area contributed by atoms with Gasteiger partial charge in [-0.25, -0.2) is 0 Å². The van der Waals surface area contributed by atoms with E-state index in [4.69, 9.17) is 0 Å². The average Bonchev–Trinajstić information content (AvgIpc) is 2.19. The molecule has 1 aromatic heterocycles. The number of aromatic nitrogens is 1. The summed E-state index contributed by atoms with van der Waals surface area (Å²) in [6.07, 6.45) is 3.66. The molecule has 0 bridgehead atoms. The van der Waals surface area contributed by atoms with Gasteiger partial charge >= 0.3 is 0 Å². The molecular formula is C12H12N2. The van der Waals surface area contributed by atoms with Crippen molar-refractivity contribution in [1.29, 1.82) is 0 Å². The Morgan fingerprint density at radius 2 is 1.79 bits per heavy atom. The topological polar surface area (TPSA) is 24.9 Å². The molecule has 0 fully saturated rings. The zero-order valence-electron chi connectivity index (χ0n) is 8.07. The molecular weight excluding hydrogens is 172 g/mol. The van der Waals surface area contributed by atoms with E-state index in [-0.39, 0.29) is 0 Å². The van der Waals surface area contributed by atoms with Crippen LogP contribution in [0.25, 0.3) is 0 Å². The summed E-state index contributed by atoms with van der Waals surface area (Å²) >= 11 is 0. The summed E-state index contributed by atoms with van der Waals surface area (Å²) in [6, 6.07) is 12.1. The lowest BCUT2D eigenvalue weighted by atomic mass is 10.2. The highest BCUT2D eigenvalue weighted by molar-refractivity contribution is 5.58. The van der Waals surface area contributed by atoms with Gasteiger partial charge in [0, 0.05) is 11.9 Å². The van der Waals surface area contributed by atoms with Crippen molar-refractivity contribution in [2.24, 2.45) is 0 Å². The van der Waals surface area contributed by atoms with Gasteiger partial charge in [-0.3, -0.25) is 4.98 Å². The first-order valence-corrected chi connectivity index (χ1v) is 4.58. The Balaban J connectivity index is 2.19. The minimum absolute atomic E-state index is 1.02. The number of nitrogens with zero attached hydrogens (tertiary/aromatic N) is 1. The average molecular weight is 184 g/mol. The van der Waals surface area contributed by atoms with Crippen LogP contribution in [0, 0.1) is 6.92 Å². The molecule has 2 aromatic rings. The van der Waals surface area contributed by atoms with E-state index in [1.807, 2.05) is 49.6 Å². The van der Waals surface area contributed by atoms with E-state index in [0.29, 0.717) is 0 Å². The van der Waals surface area contributed by atoms with Crippen LogP contribution in [0.2, 0.25) is 0 Å². The lowest BCUT2D eigenvalue weighted by molar-refractivity contribution is 1.26. The molecule has 70 valence electrons. The van der Waals surface area contributed by atoms with Gasteiger partial charge in [0.05, 0.1) is 11.9 Å². The molecule has 0 aliphatic carbocycles. The maximum atomic E-state index is 4.12. The van der Waals surface area contributed by atoms with Gasteiger partial charge in [-0.2, -0.15) is 0 Å². The van der Waals surface area contributed by atoms with Crippen molar-refractivity contribution in [3.8, 4) is 0 Å². The first kappa shape index (κ1) is 8.75. The summed E-state index contributed by atoms with van der Waals surface area (Å²) < 4.78 is 0. The molecule has 0 saturated heterocycles. The van der Waals surface area contributed by atoms with E-state index in [9.17, 15) is 0 Å². The van der Waals surface area contributed by atoms with Crippen molar-refractivity contribution in [3.05, 3.63) is 54.4 Å². The highest BCUT2D eigenvalue weighted by atomic mass is 14.9. The van der Waals surface area contributed by atoms with Gasteiger partial charge < -0.3 is 5.32 Å². The first-order valence-electron chi connectivity index (χ1n) is 4.58. The second-order valence-electron chi connectivity index (χ2n) is 3.24. The smallest absolute Gasteiger partial charge is 0.0573 e. The fraction of sp³-hybridized carbons (Fsp3) is 0.0833. The van der Waals surface area contributed by atoms with Crippen molar-refractivity contribution in [3.63, 3.8) is 0 Å². The number of rotatable bonds is 2. The fourth-order valence-electron chi connectivity index (χ4n) is 1.31. The zero-order valence-corrected chi connectivity index (χ0v) is 8.07. The van der Waals surface area contributed by atoms with Gasteiger partial charge in [0.25, 0.3) is 0 Å². The highest BCUT2D eigenvalue weighted by Gasteiger charge is 1.93. The quantitative estimate of drug-likeness (QED) is 0.775. The third kappa shape index (κ3) is 2.10. The lowest BCUT2D eigenvalue weighted by Crippen LogP contribution is -1.90. The molecule has 0 radical (unpaired) electrons. The normalized spacial score (nSPS) is 9.79. The fourth-order valence-corrected chi connectivity index (χ4v) is 1.31. The molecule has 0 spiro atoms. The summed E-state index contributed by atoms with van der Waals surface area (Å²) in [5, 5.41) is 3.28. The number of hydrogen-bond donors (Lipinski definition) is 1. The Morgan fingerprint density at radius 3 is 2.50 bits per heavy atom. The minimum atomic E-state index is 1.02. The van der Waals surface area contributed by atoms with Crippen molar-refractivity contribution >= 4 is 11.4 Å². The van der Waals surface area contributed by atoms with Gasteiger partial charge in [0.1, 0.15) is 0 Å². The molecule has 1 N–H and O–H groups in total. The van der Waals surface area contributed by atoms with E-state index in [1.54, 1.807) is 0 Å². The monoisotopic (exact) mass is 184 g/mol. The van der Waals surface area contributed by atoms with Crippen molar-refractivity contribution < 1.29 is 0 Å². The van der Waals surface area contributed by atoms with Gasteiger partial charge in [-0.1, -0.05) is 18.2 Å². The first-order chi connectivity index (χ1) is 6.84. The van der Waals surface area contributed by atoms with Crippen LogP contribution in [0.4, 0.5) is 11.4 Å². The van der Waals surface area contributed by atoms with Gasteiger partial charge in [0.15, 0.2) is 0 Å². The summed E-state index contributed by atoms with van der Waals surface area (Å²) in [6.45, 7) is 2.03. The number of benzene rings is 1. The van der Waals surface area contributed by atoms with E-state index in [1.165, 1.54) is 0 Å². The molecule has 0 amide bonds. The number of nitrogens with one attached hydrogen (secondary N) is 1. The molecule has 1 heterocycles. The second kappa shape index (κ2) is 3.92. The van der Waals surface area contributed by atoms with Crippen LogP contribution in [0.15, 0.2) is 48.8 Å². The van der Waals surface area contributed by atoms with Crippen LogP contribution in [0.5, 0.6) is 0 Å². The second-order valence-corrected chi connectivity index (χ2v) is 3.24. The molecule has 0 atom stereocenters. The Hall–Kier alpha value is -1.83. The van der Waals surface area contributed by atoms with Crippen LogP contribution in [0.1, 0.15) is 5.56 Å². The molecule has 2 nitrogen and oxygen atoms in total. The maximum absolute atomic E-state index is 4.12. The lowest BCUT2D eigenvalue weighted by Gasteiger charge is -2.05. The SMILES string of the molecule is Cc1cncc(Nc2ccccc2)c1. The largest absolute Gasteiger partial charge is 0.354 e. The van der Waals surface area contributed by atoms with E-state index in [2.05, 4.69) is 16.4 Å². The minimum Gasteiger partial charge on any atom is -0.354 e. The standard InChI is InChI=1S/C12H12N2/c1-10-7-12(9-13-8-10)14-11-5-3-2-4-6-11/h2-9,14H,1H3. The molecule has 0 aliphatic heterocycles. The van der Waals surface area contributed by atoms with Gasteiger partial charge in [-0.05, 0) is 30.7 Å². The maximum Gasteiger partial charge on any atom is 0.0573 e. The number of anilines is 2. The molecule has 0 unspecified atom stereocenters. The number of pyridine rings is 1. The van der Waals surface area contributed by atoms with E-state index >= 15 is 0 Å². The Morgan fingerprint density at radius 1 is 1.00 bits per heavy atom. The third-order valence-corrected chi connectivity index (χ3v) is 1.94. The van der Waals surface area contributed by atoms with Crippen LogP contribution in [-0.4, -0.2) is 4.98 Å². The molecule has 2 heteroatoms. The van der Waals surface area contributed by atoms with Gasteiger partial charge in [-0.15, -0.1) is 0 Å². The third-order valence-electron chi connectivity index (χ3n) is 1.94. The zero-order chi connectivity index (χ0) is 9.80. The van der Waals surface area contributed by atoms with Crippen LogP contribution in [0.3, 0.4) is 0 Å². The molecule has 14 heavy (non-hydrogen) atoms. The summed E-state index contributed by atoms with van der Waals surface area (Å²) in [4.78, 5) is 4.12. The van der Waals surface area contributed by atoms with E-state index < -0.39 is 0 Å². The number of para-hydroxylation sites is 1. The van der Waals surface area contributed by atoms with Crippen molar-refractivity contribution in [2.75, 3.05) is 5.32 Å². The highest BCUT2D eigenvalue weighted by Crippen LogP contribution is 2.15. The predicted molar refractivity (Wildman–Crippen MR) is 58.7 cm³/mol. The number of aryl methyl sites for hydroxylation is 1. The van der Waals surface area contributed by atoms with E-state index in [0.717, 1.165) is 16.9 Å². The van der Waals surface area contributed by atoms with Crippen LogP contribution in [-0.2, 0) is 0 Å². The Kier molecular flexibility index (Phi) is 2.45. The molecule has 0 saturated carbocycles. The van der Waals surface area contributed by atoms with Gasteiger partial charge in [0.2, 0.25) is 0 Å². The van der Waals surface area contributed by atoms with Crippen LogP contribution < -0.4 is 5.32 Å². The molecule has 0 aliphatic rings. The summed E-state index contributed by atoms with van der Waals surface area (Å²) in [7, 11) is 0. The molecule has 2 rings (SSSR count). The number of hydrogen-bond acceptors (Lipinski definition) is 2. The van der Waals surface area contributed by atoms with Crippen molar-refractivity contribution in [1.82, 2.24) is 4.98 Å². The Bertz CT molecular complexity index is 410. The Labute approximate surface area is 83.6 Å². The summed E-state index contributed by atoms with van der Waals surface area (Å²) in [5.74, 6) is 0.